The Morgan fingerprint density at radius 1 is 1.24 bits per heavy atom. The van der Waals surface area contributed by atoms with Crippen molar-refractivity contribution in [3.8, 4) is 11.1 Å². The maximum absolute atomic E-state index is 5.94. The van der Waals surface area contributed by atoms with Crippen LogP contribution in [0.2, 0.25) is 5.02 Å². The van der Waals surface area contributed by atoms with Crippen LogP contribution >= 0.6 is 27.5 Å². The van der Waals surface area contributed by atoms with Crippen LogP contribution in [0.25, 0.3) is 11.1 Å². The van der Waals surface area contributed by atoms with Crippen molar-refractivity contribution in [2.24, 2.45) is 0 Å². The van der Waals surface area contributed by atoms with Crippen molar-refractivity contribution in [2.45, 2.75) is 6.92 Å². The van der Waals surface area contributed by atoms with E-state index in [4.69, 9.17) is 23.1 Å². The Labute approximate surface area is 112 Å². The number of nitrogens with zero attached hydrogens (tertiary/aromatic N) is 2. The van der Waals surface area contributed by atoms with Crippen LogP contribution in [-0.2, 0) is 0 Å². The van der Waals surface area contributed by atoms with Gasteiger partial charge in [-0.25, -0.2) is 4.98 Å². The van der Waals surface area contributed by atoms with E-state index in [9.17, 15) is 0 Å². The SMILES string of the molecule is Cc1nc(N)nc(N)c1-c1ccc(Cl)c(Br)c1. The lowest BCUT2D eigenvalue weighted by atomic mass is 10.1. The Morgan fingerprint density at radius 2 is 1.94 bits per heavy atom. The summed E-state index contributed by atoms with van der Waals surface area (Å²) in [5, 5.41) is 0.640. The van der Waals surface area contributed by atoms with E-state index >= 15 is 0 Å². The molecule has 2 aromatic rings. The maximum Gasteiger partial charge on any atom is 0.222 e. The summed E-state index contributed by atoms with van der Waals surface area (Å²) < 4.78 is 0.798. The molecule has 0 spiro atoms. The van der Waals surface area contributed by atoms with E-state index < -0.39 is 0 Å². The quantitative estimate of drug-likeness (QED) is 0.848. The minimum Gasteiger partial charge on any atom is -0.383 e. The smallest absolute Gasteiger partial charge is 0.222 e. The van der Waals surface area contributed by atoms with E-state index in [0.717, 1.165) is 21.3 Å². The topological polar surface area (TPSA) is 77.8 Å². The van der Waals surface area contributed by atoms with Gasteiger partial charge in [0.15, 0.2) is 0 Å². The molecule has 1 aromatic heterocycles. The number of aryl methyl sites for hydroxylation is 1. The fourth-order valence-electron chi connectivity index (χ4n) is 1.63. The predicted molar refractivity (Wildman–Crippen MR) is 73.7 cm³/mol. The Kier molecular flexibility index (Phi) is 3.22. The molecule has 0 saturated carbocycles. The third-order valence-electron chi connectivity index (χ3n) is 2.34. The van der Waals surface area contributed by atoms with Gasteiger partial charge in [-0.1, -0.05) is 17.7 Å². The molecule has 0 saturated heterocycles. The van der Waals surface area contributed by atoms with Gasteiger partial charge in [0.25, 0.3) is 0 Å². The fourth-order valence-corrected chi connectivity index (χ4v) is 2.12. The van der Waals surface area contributed by atoms with Crippen LogP contribution in [0.4, 0.5) is 11.8 Å². The number of nitrogen functional groups attached to an aromatic ring is 2. The number of benzene rings is 1. The first-order valence-electron chi connectivity index (χ1n) is 4.84. The van der Waals surface area contributed by atoms with Gasteiger partial charge in [0.05, 0.1) is 10.7 Å². The molecular weight excluding hydrogens is 304 g/mol. The molecule has 0 atom stereocenters. The molecule has 0 aliphatic heterocycles. The van der Waals surface area contributed by atoms with Gasteiger partial charge in [0, 0.05) is 10.0 Å². The van der Waals surface area contributed by atoms with Gasteiger partial charge in [0.1, 0.15) is 5.82 Å². The summed E-state index contributed by atoms with van der Waals surface area (Å²) in [5.41, 5.74) is 13.8. The number of hydrogen-bond acceptors (Lipinski definition) is 4. The summed E-state index contributed by atoms with van der Waals surface area (Å²) in [6, 6.07) is 5.53. The molecule has 0 aliphatic carbocycles. The minimum absolute atomic E-state index is 0.178. The van der Waals surface area contributed by atoms with Gasteiger partial charge in [0.2, 0.25) is 5.95 Å². The van der Waals surface area contributed by atoms with Gasteiger partial charge in [-0.15, -0.1) is 0 Å². The molecule has 4 N–H and O–H groups in total. The second-order valence-electron chi connectivity index (χ2n) is 3.56. The zero-order chi connectivity index (χ0) is 12.6. The second-order valence-corrected chi connectivity index (χ2v) is 4.82. The van der Waals surface area contributed by atoms with Crippen LogP contribution in [0.3, 0.4) is 0 Å². The van der Waals surface area contributed by atoms with Crippen LogP contribution in [0.1, 0.15) is 5.69 Å². The Hall–Kier alpha value is -1.33. The summed E-state index contributed by atoms with van der Waals surface area (Å²) in [7, 11) is 0. The number of hydrogen-bond donors (Lipinski definition) is 2. The lowest BCUT2D eigenvalue weighted by molar-refractivity contribution is 1.13. The van der Waals surface area contributed by atoms with Crippen LogP contribution < -0.4 is 11.5 Å². The zero-order valence-corrected chi connectivity index (χ0v) is 11.4. The lowest BCUT2D eigenvalue weighted by Gasteiger charge is -2.09. The third kappa shape index (κ3) is 2.35. The highest BCUT2D eigenvalue weighted by molar-refractivity contribution is 9.10. The summed E-state index contributed by atoms with van der Waals surface area (Å²) in [6.45, 7) is 1.84. The van der Waals surface area contributed by atoms with E-state index in [1.807, 2.05) is 19.1 Å². The molecule has 0 radical (unpaired) electrons. The highest BCUT2D eigenvalue weighted by Gasteiger charge is 2.11. The Balaban J connectivity index is 2.64. The molecule has 88 valence electrons. The maximum atomic E-state index is 5.94. The highest BCUT2D eigenvalue weighted by Crippen LogP contribution is 2.32. The molecular formula is C11H10BrClN4. The average molecular weight is 314 g/mol. The Morgan fingerprint density at radius 3 is 2.53 bits per heavy atom. The minimum atomic E-state index is 0.178. The lowest BCUT2D eigenvalue weighted by Crippen LogP contribution is -2.04. The van der Waals surface area contributed by atoms with E-state index in [2.05, 4.69) is 25.9 Å². The molecule has 2 rings (SSSR count). The van der Waals surface area contributed by atoms with E-state index in [-0.39, 0.29) is 5.95 Å². The number of nitrogens with two attached hydrogens (primary N) is 2. The monoisotopic (exact) mass is 312 g/mol. The molecule has 4 nitrogen and oxygen atoms in total. The molecule has 0 bridgehead atoms. The van der Waals surface area contributed by atoms with Crippen LogP contribution in [-0.4, -0.2) is 9.97 Å². The van der Waals surface area contributed by atoms with Crippen molar-refractivity contribution in [3.63, 3.8) is 0 Å². The van der Waals surface area contributed by atoms with Crippen molar-refractivity contribution in [1.82, 2.24) is 9.97 Å². The van der Waals surface area contributed by atoms with Gasteiger partial charge < -0.3 is 11.5 Å². The van der Waals surface area contributed by atoms with E-state index in [0.29, 0.717) is 10.8 Å². The van der Waals surface area contributed by atoms with Crippen LogP contribution in [0.5, 0.6) is 0 Å². The van der Waals surface area contributed by atoms with Crippen molar-refractivity contribution in [2.75, 3.05) is 11.5 Å². The molecule has 1 aromatic carbocycles. The molecule has 1 heterocycles. The predicted octanol–water partition coefficient (Wildman–Crippen LogP) is 3.03. The summed E-state index contributed by atoms with van der Waals surface area (Å²) in [6.07, 6.45) is 0. The van der Waals surface area contributed by atoms with Gasteiger partial charge in [-0.05, 0) is 40.5 Å². The third-order valence-corrected chi connectivity index (χ3v) is 3.56. The fraction of sp³-hybridized carbons (Fsp3) is 0.0909. The number of anilines is 2. The van der Waals surface area contributed by atoms with Crippen molar-refractivity contribution >= 4 is 39.3 Å². The summed E-state index contributed by atoms with van der Waals surface area (Å²) >= 11 is 9.31. The zero-order valence-electron chi connectivity index (χ0n) is 9.04. The Bertz CT molecular complexity index is 563. The van der Waals surface area contributed by atoms with Crippen molar-refractivity contribution < 1.29 is 0 Å². The highest BCUT2D eigenvalue weighted by atomic mass is 79.9. The molecule has 0 fully saturated rings. The summed E-state index contributed by atoms with van der Waals surface area (Å²) in [5.74, 6) is 0.543. The first-order chi connectivity index (χ1) is 7.99. The average Bonchev–Trinajstić information content (AvgIpc) is 2.21. The number of rotatable bonds is 1. The standard InChI is InChI=1S/C11H10BrClN4/c1-5-9(10(14)17-11(15)16-5)6-2-3-8(13)7(12)4-6/h2-4H,1H3,(H4,14,15,16,17). The molecule has 0 aliphatic rings. The normalized spacial score (nSPS) is 10.5. The van der Waals surface area contributed by atoms with Crippen LogP contribution in [0.15, 0.2) is 22.7 Å². The molecule has 6 heteroatoms. The van der Waals surface area contributed by atoms with E-state index in [1.165, 1.54) is 0 Å². The van der Waals surface area contributed by atoms with Gasteiger partial charge in [-0.3, -0.25) is 0 Å². The molecule has 17 heavy (non-hydrogen) atoms. The van der Waals surface area contributed by atoms with E-state index in [1.54, 1.807) is 6.07 Å². The molecule has 0 unspecified atom stereocenters. The second kappa shape index (κ2) is 4.50. The first-order valence-corrected chi connectivity index (χ1v) is 6.01. The van der Waals surface area contributed by atoms with Crippen molar-refractivity contribution in [1.29, 1.82) is 0 Å². The van der Waals surface area contributed by atoms with Gasteiger partial charge in [-0.2, -0.15) is 4.98 Å². The van der Waals surface area contributed by atoms with Crippen LogP contribution in [0, 0.1) is 6.92 Å². The van der Waals surface area contributed by atoms with Gasteiger partial charge >= 0.3 is 0 Å². The summed E-state index contributed by atoms with van der Waals surface area (Å²) in [4.78, 5) is 8.06. The van der Waals surface area contributed by atoms with Crippen molar-refractivity contribution in [3.05, 3.63) is 33.4 Å². The number of halogens is 2. The number of aromatic nitrogens is 2. The largest absolute Gasteiger partial charge is 0.383 e. The molecule has 0 amide bonds. The first kappa shape index (κ1) is 12.1.